The summed E-state index contributed by atoms with van der Waals surface area (Å²) in [6.45, 7) is 6.07. The molecule has 1 aromatic rings. The molecule has 0 aliphatic carbocycles. The lowest BCUT2D eigenvalue weighted by Gasteiger charge is -2.34. The number of aromatic nitrogens is 2. The van der Waals surface area contributed by atoms with Crippen molar-refractivity contribution in [3.05, 3.63) is 18.5 Å². The molecule has 0 amide bonds. The second-order valence-corrected chi connectivity index (χ2v) is 4.02. The van der Waals surface area contributed by atoms with Gasteiger partial charge in [-0.25, -0.2) is 9.97 Å². The zero-order valence-corrected chi connectivity index (χ0v) is 13.2. The second kappa shape index (κ2) is 11.5. The van der Waals surface area contributed by atoms with Crippen molar-refractivity contribution in [1.29, 1.82) is 0 Å². The summed E-state index contributed by atoms with van der Waals surface area (Å²) in [5, 5.41) is 0. The predicted molar refractivity (Wildman–Crippen MR) is 86.1 cm³/mol. The first-order valence-corrected chi connectivity index (χ1v) is 5.84. The molecular formula is C11H22Cl3N5. The Hall–Kier alpha value is -0.330. The Morgan fingerprint density at radius 1 is 1.00 bits per heavy atom. The largest absolute Gasteiger partial charge is 0.338 e. The van der Waals surface area contributed by atoms with E-state index in [2.05, 4.69) is 19.8 Å². The van der Waals surface area contributed by atoms with Crippen molar-refractivity contribution in [2.75, 3.05) is 44.2 Å². The van der Waals surface area contributed by atoms with Gasteiger partial charge in [-0.3, -0.25) is 4.90 Å². The smallest absolute Gasteiger partial charge is 0.225 e. The minimum atomic E-state index is 0. The minimum Gasteiger partial charge on any atom is -0.338 e. The highest BCUT2D eigenvalue weighted by atomic mass is 35.5. The molecule has 8 heteroatoms. The standard InChI is InChI=1S/C11H19N5.3ClH/c12-3-1-6-15-7-9-16(10-8-15)11-13-4-2-5-14-11;;;/h2,4-5H,1,3,6-10,12H2;3*1H. The van der Waals surface area contributed by atoms with E-state index in [9.17, 15) is 0 Å². The molecule has 1 fully saturated rings. The van der Waals surface area contributed by atoms with Gasteiger partial charge < -0.3 is 10.6 Å². The molecule has 0 aromatic carbocycles. The third-order valence-corrected chi connectivity index (χ3v) is 2.89. The van der Waals surface area contributed by atoms with Crippen LogP contribution in [0.2, 0.25) is 0 Å². The van der Waals surface area contributed by atoms with Crippen molar-refractivity contribution in [2.45, 2.75) is 6.42 Å². The number of hydrogen-bond acceptors (Lipinski definition) is 5. The van der Waals surface area contributed by atoms with Gasteiger partial charge in [-0.15, -0.1) is 37.2 Å². The normalized spacial score (nSPS) is 14.9. The summed E-state index contributed by atoms with van der Waals surface area (Å²) in [7, 11) is 0. The number of hydrogen-bond donors (Lipinski definition) is 1. The molecular weight excluding hydrogens is 309 g/mol. The first-order valence-electron chi connectivity index (χ1n) is 5.84. The van der Waals surface area contributed by atoms with Gasteiger partial charge in [0.05, 0.1) is 0 Å². The summed E-state index contributed by atoms with van der Waals surface area (Å²) in [4.78, 5) is 13.2. The van der Waals surface area contributed by atoms with Gasteiger partial charge in [0.1, 0.15) is 0 Å². The first kappa shape index (κ1) is 21.0. The van der Waals surface area contributed by atoms with E-state index >= 15 is 0 Å². The summed E-state index contributed by atoms with van der Waals surface area (Å²) in [6.07, 6.45) is 4.67. The molecule has 1 aromatic heterocycles. The number of nitrogens with two attached hydrogens (primary N) is 1. The van der Waals surface area contributed by atoms with Crippen LogP contribution in [0.25, 0.3) is 0 Å². The van der Waals surface area contributed by atoms with Crippen LogP contribution in [0.5, 0.6) is 0 Å². The van der Waals surface area contributed by atoms with E-state index in [1.807, 2.05) is 6.07 Å². The molecule has 1 aliphatic heterocycles. The number of rotatable bonds is 4. The quantitative estimate of drug-likeness (QED) is 0.899. The fourth-order valence-electron chi connectivity index (χ4n) is 1.94. The lowest BCUT2D eigenvalue weighted by atomic mass is 10.3. The van der Waals surface area contributed by atoms with Crippen molar-refractivity contribution in [2.24, 2.45) is 5.73 Å². The van der Waals surface area contributed by atoms with Crippen LogP contribution in [0.4, 0.5) is 5.95 Å². The lowest BCUT2D eigenvalue weighted by molar-refractivity contribution is 0.255. The van der Waals surface area contributed by atoms with Crippen molar-refractivity contribution in [3.8, 4) is 0 Å². The summed E-state index contributed by atoms with van der Waals surface area (Å²) in [5.41, 5.74) is 5.51. The van der Waals surface area contributed by atoms with Crippen LogP contribution in [0, 0.1) is 0 Å². The van der Waals surface area contributed by atoms with E-state index in [1.165, 1.54) is 0 Å². The Bertz CT molecular complexity index is 306. The number of piperazine rings is 1. The second-order valence-electron chi connectivity index (χ2n) is 4.02. The molecule has 1 aliphatic rings. The monoisotopic (exact) mass is 329 g/mol. The zero-order chi connectivity index (χ0) is 11.2. The van der Waals surface area contributed by atoms with Gasteiger partial charge in [0, 0.05) is 38.6 Å². The minimum absolute atomic E-state index is 0. The van der Waals surface area contributed by atoms with Gasteiger partial charge in [-0.2, -0.15) is 0 Å². The first-order chi connectivity index (χ1) is 7.90. The summed E-state index contributed by atoms with van der Waals surface area (Å²) in [5.74, 6) is 0.848. The van der Waals surface area contributed by atoms with Crippen LogP contribution in [0.1, 0.15) is 6.42 Å². The molecule has 0 bridgehead atoms. The van der Waals surface area contributed by atoms with E-state index < -0.39 is 0 Å². The summed E-state index contributed by atoms with van der Waals surface area (Å²) < 4.78 is 0. The van der Waals surface area contributed by atoms with Crippen LogP contribution in [0.15, 0.2) is 18.5 Å². The molecule has 0 spiro atoms. The molecule has 5 nitrogen and oxygen atoms in total. The average Bonchev–Trinajstić information content (AvgIpc) is 2.38. The molecule has 112 valence electrons. The molecule has 0 saturated carbocycles. The van der Waals surface area contributed by atoms with Crippen molar-refractivity contribution in [3.63, 3.8) is 0 Å². The van der Waals surface area contributed by atoms with E-state index in [-0.39, 0.29) is 37.2 Å². The predicted octanol–water partition coefficient (Wildman–Crippen LogP) is 1.21. The Morgan fingerprint density at radius 3 is 2.11 bits per heavy atom. The zero-order valence-electron chi connectivity index (χ0n) is 10.8. The van der Waals surface area contributed by atoms with Crippen LogP contribution >= 0.6 is 37.2 Å². The van der Waals surface area contributed by atoms with E-state index in [0.717, 1.165) is 51.6 Å². The Labute approximate surface area is 133 Å². The number of nitrogens with zero attached hydrogens (tertiary/aromatic N) is 4. The summed E-state index contributed by atoms with van der Waals surface area (Å²) in [6, 6.07) is 1.85. The van der Waals surface area contributed by atoms with Crippen molar-refractivity contribution in [1.82, 2.24) is 14.9 Å². The van der Waals surface area contributed by atoms with E-state index in [4.69, 9.17) is 5.73 Å². The maximum absolute atomic E-state index is 5.51. The lowest BCUT2D eigenvalue weighted by Crippen LogP contribution is -2.47. The highest BCUT2D eigenvalue weighted by Gasteiger charge is 2.17. The number of anilines is 1. The van der Waals surface area contributed by atoms with Gasteiger partial charge in [0.2, 0.25) is 5.95 Å². The van der Waals surface area contributed by atoms with Crippen molar-refractivity contribution < 1.29 is 0 Å². The van der Waals surface area contributed by atoms with Gasteiger partial charge in [-0.05, 0) is 25.6 Å². The fourth-order valence-corrected chi connectivity index (χ4v) is 1.94. The molecule has 2 rings (SSSR count). The topological polar surface area (TPSA) is 58.3 Å². The Kier molecular flexibility index (Phi) is 12.7. The van der Waals surface area contributed by atoms with Crippen molar-refractivity contribution >= 4 is 43.2 Å². The van der Waals surface area contributed by atoms with Gasteiger partial charge in [0.25, 0.3) is 0 Å². The SMILES string of the molecule is Cl.Cl.Cl.NCCCN1CCN(c2ncccn2)CC1. The van der Waals surface area contributed by atoms with Crippen LogP contribution in [-0.4, -0.2) is 54.1 Å². The molecule has 19 heavy (non-hydrogen) atoms. The maximum atomic E-state index is 5.51. The molecule has 0 atom stereocenters. The van der Waals surface area contributed by atoms with E-state index in [0.29, 0.717) is 0 Å². The van der Waals surface area contributed by atoms with Gasteiger partial charge >= 0.3 is 0 Å². The van der Waals surface area contributed by atoms with Crippen LogP contribution in [-0.2, 0) is 0 Å². The highest BCUT2D eigenvalue weighted by Crippen LogP contribution is 2.09. The molecule has 2 heterocycles. The van der Waals surface area contributed by atoms with Gasteiger partial charge in [-0.1, -0.05) is 0 Å². The summed E-state index contributed by atoms with van der Waals surface area (Å²) >= 11 is 0. The van der Waals surface area contributed by atoms with Crippen LogP contribution in [0.3, 0.4) is 0 Å². The van der Waals surface area contributed by atoms with E-state index in [1.54, 1.807) is 12.4 Å². The van der Waals surface area contributed by atoms with Crippen LogP contribution < -0.4 is 10.6 Å². The fraction of sp³-hybridized carbons (Fsp3) is 0.636. The van der Waals surface area contributed by atoms with Gasteiger partial charge in [0.15, 0.2) is 0 Å². The molecule has 2 N–H and O–H groups in total. The third-order valence-electron chi connectivity index (χ3n) is 2.89. The molecule has 1 saturated heterocycles. The highest BCUT2D eigenvalue weighted by molar-refractivity contribution is 5.86. The Balaban J connectivity index is 0. The number of halogens is 3. The average molecular weight is 331 g/mol. The molecule has 0 unspecified atom stereocenters. The molecule has 0 radical (unpaired) electrons. The third kappa shape index (κ3) is 6.58. The Morgan fingerprint density at radius 2 is 1.58 bits per heavy atom. The maximum Gasteiger partial charge on any atom is 0.225 e.